The minimum absolute atomic E-state index is 0.684. The van der Waals surface area contributed by atoms with Crippen LogP contribution in [0.2, 0.25) is 0 Å². The van der Waals surface area contributed by atoms with Crippen LogP contribution in [0.1, 0.15) is 30.9 Å². The SMILES string of the molecule is CCCCNC(=NC)NCc1ccc(C#N)cc1. The van der Waals surface area contributed by atoms with Gasteiger partial charge in [-0.15, -0.1) is 0 Å². The molecule has 0 unspecified atom stereocenters. The molecular formula is C14H20N4. The fourth-order valence-corrected chi connectivity index (χ4v) is 1.49. The van der Waals surface area contributed by atoms with Gasteiger partial charge < -0.3 is 10.6 Å². The molecule has 0 amide bonds. The summed E-state index contributed by atoms with van der Waals surface area (Å²) < 4.78 is 0. The Morgan fingerprint density at radius 1 is 1.28 bits per heavy atom. The molecule has 2 N–H and O–H groups in total. The molecule has 0 aliphatic heterocycles. The van der Waals surface area contributed by atoms with Crippen LogP contribution in [0.4, 0.5) is 0 Å². The van der Waals surface area contributed by atoms with Crippen LogP contribution < -0.4 is 10.6 Å². The van der Waals surface area contributed by atoms with Crippen molar-refractivity contribution in [1.29, 1.82) is 5.26 Å². The normalized spacial score (nSPS) is 10.8. The van der Waals surface area contributed by atoms with Gasteiger partial charge in [-0.1, -0.05) is 25.5 Å². The Bertz CT molecular complexity index is 414. The maximum absolute atomic E-state index is 8.71. The highest BCUT2D eigenvalue weighted by molar-refractivity contribution is 5.79. The highest BCUT2D eigenvalue weighted by atomic mass is 15.2. The highest BCUT2D eigenvalue weighted by Crippen LogP contribution is 2.02. The van der Waals surface area contributed by atoms with Gasteiger partial charge in [0.05, 0.1) is 11.6 Å². The summed E-state index contributed by atoms with van der Waals surface area (Å²) >= 11 is 0. The van der Waals surface area contributed by atoms with Gasteiger partial charge in [0.1, 0.15) is 0 Å². The molecule has 0 fully saturated rings. The lowest BCUT2D eigenvalue weighted by atomic mass is 10.1. The molecular weight excluding hydrogens is 224 g/mol. The minimum Gasteiger partial charge on any atom is -0.356 e. The number of nitrogens with one attached hydrogen (secondary N) is 2. The first-order valence-corrected chi connectivity index (χ1v) is 6.23. The van der Waals surface area contributed by atoms with Gasteiger partial charge in [-0.2, -0.15) is 5.26 Å². The molecule has 0 spiro atoms. The zero-order chi connectivity index (χ0) is 13.2. The number of unbranched alkanes of at least 4 members (excludes halogenated alkanes) is 1. The smallest absolute Gasteiger partial charge is 0.191 e. The number of nitrogens with zero attached hydrogens (tertiary/aromatic N) is 2. The van der Waals surface area contributed by atoms with E-state index in [1.54, 1.807) is 7.05 Å². The molecule has 96 valence electrons. The predicted octanol–water partition coefficient (Wildman–Crippen LogP) is 2.02. The Balaban J connectivity index is 2.40. The molecule has 1 rings (SSSR count). The predicted molar refractivity (Wildman–Crippen MR) is 74.3 cm³/mol. The number of nitriles is 1. The van der Waals surface area contributed by atoms with Crippen LogP contribution in [-0.4, -0.2) is 19.6 Å². The summed E-state index contributed by atoms with van der Waals surface area (Å²) in [6, 6.07) is 9.65. The Kier molecular flexibility index (Phi) is 6.34. The van der Waals surface area contributed by atoms with Gasteiger partial charge in [-0.25, -0.2) is 0 Å². The van der Waals surface area contributed by atoms with E-state index in [0.717, 1.165) is 24.5 Å². The van der Waals surface area contributed by atoms with Crippen molar-refractivity contribution in [3.8, 4) is 6.07 Å². The molecule has 0 aliphatic carbocycles. The molecule has 0 saturated heterocycles. The van der Waals surface area contributed by atoms with Gasteiger partial charge in [0.2, 0.25) is 0 Å². The van der Waals surface area contributed by atoms with E-state index in [1.807, 2.05) is 24.3 Å². The first kappa shape index (κ1) is 14.0. The maximum Gasteiger partial charge on any atom is 0.191 e. The number of rotatable bonds is 5. The van der Waals surface area contributed by atoms with Crippen molar-refractivity contribution >= 4 is 5.96 Å². The van der Waals surface area contributed by atoms with Crippen molar-refractivity contribution in [2.24, 2.45) is 4.99 Å². The standard InChI is InChI=1S/C14H20N4/c1-3-4-9-17-14(16-2)18-11-13-7-5-12(10-15)6-8-13/h5-8H,3-4,9,11H2,1-2H3,(H2,16,17,18). The first-order chi connectivity index (χ1) is 8.80. The molecule has 0 radical (unpaired) electrons. The molecule has 0 aliphatic rings. The average Bonchev–Trinajstić information content (AvgIpc) is 2.43. The molecule has 0 bridgehead atoms. The third-order valence-electron chi connectivity index (χ3n) is 2.59. The van der Waals surface area contributed by atoms with Gasteiger partial charge in [0.15, 0.2) is 5.96 Å². The molecule has 0 atom stereocenters. The van der Waals surface area contributed by atoms with E-state index in [1.165, 1.54) is 6.42 Å². The van der Waals surface area contributed by atoms with Crippen molar-refractivity contribution in [2.75, 3.05) is 13.6 Å². The number of hydrogen-bond acceptors (Lipinski definition) is 2. The molecule has 4 nitrogen and oxygen atoms in total. The molecule has 0 saturated carbocycles. The van der Waals surface area contributed by atoms with E-state index in [4.69, 9.17) is 5.26 Å². The van der Waals surface area contributed by atoms with Crippen LogP contribution in [0.5, 0.6) is 0 Å². The van der Waals surface area contributed by atoms with Crippen LogP contribution in [-0.2, 0) is 6.54 Å². The zero-order valence-corrected chi connectivity index (χ0v) is 11.0. The van der Waals surface area contributed by atoms with Crippen molar-refractivity contribution in [3.05, 3.63) is 35.4 Å². The Hall–Kier alpha value is -2.02. The second-order valence-corrected chi connectivity index (χ2v) is 4.01. The first-order valence-electron chi connectivity index (χ1n) is 6.23. The third-order valence-corrected chi connectivity index (χ3v) is 2.59. The number of benzene rings is 1. The van der Waals surface area contributed by atoms with Crippen LogP contribution in [0, 0.1) is 11.3 Å². The molecule has 18 heavy (non-hydrogen) atoms. The van der Waals surface area contributed by atoms with Crippen molar-refractivity contribution in [1.82, 2.24) is 10.6 Å². The molecule has 0 aromatic heterocycles. The summed E-state index contributed by atoms with van der Waals surface area (Å²) in [6.45, 7) is 3.80. The Morgan fingerprint density at radius 3 is 2.56 bits per heavy atom. The highest BCUT2D eigenvalue weighted by Gasteiger charge is 1.97. The van der Waals surface area contributed by atoms with Crippen molar-refractivity contribution < 1.29 is 0 Å². The van der Waals surface area contributed by atoms with Gasteiger partial charge in [0, 0.05) is 20.1 Å². The van der Waals surface area contributed by atoms with Crippen LogP contribution >= 0.6 is 0 Å². The summed E-state index contributed by atoms with van der Waals surface area (Å²) in [5.74, 6) is 0.813. The number of aliphatic imine (C=N–C) groups is 1. The largest absolute Gasteiger partial charge is 0.356 e. The second kappa shape index (κ2) is 8.13. The second-order valence-electron chi connectivity index (χ2n) is 4.01. The summed E-state index contributed by atoms with van der Waals surface area (Å²) in [5.41, 5.74) is 1.82. The van der Waals surface area contributed by atoms with Crippen LogP contribution in [0.15, 0.2) is 29.3 Å². The number of hydrogen-bond donors (Lipinski definition) is 2. The maximum atomic E-state index is 8.71. The van der Waals surface area contributed by atoms with Crippen LogP contribution in [0.25, 0.3) is 0 Å². The fourth-order valence-electron chi connectivity index (χ4n) is 1.49. The Labute approximate surface area is 109 Å². The van der Waals surface area contributed by atoms with E-state index >= 15 is 0 Å². The lowest BCUT2D eigenvalue weighted by molar-refractivity contribution is 0.729. The lowest BCUT2D eigenvalue weighted by Gasteiger charge is -2.11. The van der Waals surface area contributed by atoms with Gasteiger partial charge >= 0.3 is 0 Å². The van der Waals surface area contributed by atoms with E-state index in [9.17, 15) is 0 Å². The molecule has 0 heterocycles. The van der Waals surface area contributed by atoms with E-state index in [2.05, 4.69) is 28.6 Å². The summed E-state index contributed by atoms with van der Waals surface area (Å²) in [7, 11) is 1.76. The van der Waals surface area contributed by atoms with E-state index in [-0.39, 0.29) is 0 Å². The van der Waals surface area contributed by atoms with Crippen molar-refractivity contribution in [3.63, 3.8) is 0 Å². The summed E-state index contributed by atoms with van der Waals surface area (Å²) in [6.07, 6.45) is 2.30. The molecule has 4 heteroatoms. The quantitative estimate of drug-likeness (QED) is 0.473. The summed E-state index contributed by atoms with van der Waals surface area (Å²) in [5, 5.41) is 15.2. The lowest BCUT2D eigenvalue weighted by Crippen LogP contribution is -2.37. The molecule has 1 aromatic carbocycles. The van der Waals surface area contributed by atoms with Gasteiger partial charge in [-0.3, -0.25) is 4.99 Å². The summed E-state index contributed by atoms with van der Waals surface area (Å²) in [4.78, 5) is 4.15. The van der Waals surface area contributed by atoms with Crippen LogP contribution in [0.3, 0.4) is 0 Å². The van der Waals surface area contributed by atoms with E-state index in [0.29, 0.717) is 12.1 Å². The van der Waals surface area contributed by atoms with Crippen molar-refractivity contribution in [2.45, 2.75) is 26.3 Å². The molecule has 1 aromatic rings. The monoisotopic (exact) mass is 244 g/mol. The zero-order valence-electron chi connectivity index (χ0n) is 11.0. The van der Waals surface area contributed by atoms with Gasteiger partial charge in [0.25, 0.3) is 0 Å². The Morgan fingerprint density at radius 2 is 2.00 bits per heavy atom. The minimum atomic E-state index is 0.684. The topological polar surface area (TPSA) is 60.2 Å². The fraction of sp³-hybridized carbons (Fsp3) is 0.429. The van der Waals surface area contributed by atoms with E-state index < -0.39 is 0 Å². The van der Waals surface area contributed by atoms with Gasteiger partial charge in [-0.05, 0) is 24.1 Å². The third kappa shape index (κ3) is 4.88. The number of guanidine groups is 1. The average molecular weight is 244 g/mol.